The quantitative estimate of drug-likeness (QED) is 0.647. The maximum atomic E-state index is 12.7. The van der Waals surface area contributed by atoms with Gasteiger partial charge >= 0.3 is 6.18 Å². The summed E-state index contributed by atoms with van der Waals surface area (Å²) in [4.78, 5) is 14.3. The molecule has 1 fully saturated rings. The molecular formula is C19H17ClF3NOS. The summed E-state index contributed by atoms with van der Waals surface area (Å²) in [5, 5.41) is 0.918. The summed E-state index contributed by atoms with van der Waals surface area (Å²) in [6.07, 6.45) is -3.65. The topological polar surface area (TPSA) is 20.3 Å². The molecule has 0 N–H and O–H groups in total. The molecule has 0 unspecified atom stereocenters. The average Bonchev–Trinajstić information content (AvgIpc) is 2.87. The summed E-state index contributed by atoms with van der Waals surface area (Å²) in [7, 11) is 0. The minimum atomic E-state index is -4.40. The number of benzene rings is 2. The number of carbonyl (C=O) groups excluding carboxylic acids is 1. The van der Waals surface area contributed by atoms with Crippen LogP contribution in [0.3, 0.4) is 0 Å². The Bertz CT molecular complexity index is 779. The molecule has 26 heavy (non-hydrogen) atoms. The summed E-state index contributed by atoms with van der Waals surface area (Å²) >= 11 is 8.02. The molecule has 1 amide bonds. The van der Waals surface area contributed by atoms with E-state index in [1.54, 1.807) is 16.7 Å². The molecule has 0 radical (unpaired) electrons. The lowest BCUT2D eigenvalue weighted by Crippen LogP contribution is -2.33. The lowest BCUT2D eigenvalue weighted by Gasteiger charge is -2.21. The highest BCUT2D eigenvalue weighted by Gasteiger charge is 2.30. The third-order valence-corrected chi connectivity index (χ3v) is 5.99. The number of thioether (sulfide) groups is 1. The number of hydrogen-bond acceptors (Lipinski definition) is 2. The number of rotatable bonds is 2. The van der Waals surface area contributed by atoms with Crippen LogP contribution in [0.2, 0.25) is 5.02 Å². The van der Waals surface area contributed by atoms with Crippen LogP contribution in [-0.4, -0.2) is 29.6 Å². The van der Waals surface area contributed by atoms with Gasteiger partial charge in [0.05, 0.1) is 5.56 Å². The number of halogens is 4. The Labute approximate surface area is 159 Å². The molecule has 138 valence electrons. The van der Waals surface area contributed by atoms with Crippen LogP contribution in [0.1, 0.15) is 33.2 Å². The molecule has 1 heterocycles. The summed E-state index contributed by atoms with van der Waals surface area (Å²) < 4.78 is 38.0. The predicted octanol–water partition coefficient (Wildman–Crippen LogP) is 5.68. The van der Waals surface area contributed by atoms with Gasteiger partial charge in [-0.05, 0) is 42.3 Å². The molecule has 0 saturated carbocycles. The first-order chi connectivity index (χ1) is 12.4. The summed E-state index contributed by atoms with van der Waals surface area (Å²) in [5.41, 5.74) is 0.585. The van der Waals surface area contributed by atoms with Crippen molar-refractivity contribution in [1.29, 1.82) is 0 Å². The zero-order valence-electron chi connectivity index (χ0n) is 13.8. The van der Waals surface area contributed by atoms with Crippen molar-refractivity contribution in [1.82, 2.24) is 4.90 Å². The normalized spacial score (nSPS) is 18.5. The van der Waals surface area contributed by atoms with Crippen molar-refractivity contribution in [3.8, 4) is 0 Å². The van der Waals surface area contributed by atoms with Crippen molar-refractivity contribution in [2.24, 2.45) is 0 Å². The Balaban J connectivity index is 1.69. The van der Waals surface area contributed by atoms with Crippen LogP contribution in [0.15, 0.2) is 48.5 Å². The van der Waals surface area contributed by atoms with Crippen LogP contribution in [-0.2, 0) is 6.18 Å². The molecule has 1 atom stereocenters. The van der Waals surface area contributed by atoms with Gasteiger partial charge in [-0.25, -0.2) is 0 Å². The van der Waals surface area contributed by atoms with Gasteiger partial charge in [-0.1, -0.05) is 29.8 Å². The van der Waals surface area contributed by atoms with Gasteiger partial charge in [0.25, 0.3) is 5.91 Å². The lowest BCUT2D eigenvalue weighted by molar-refractivity contribution is -0.137. The van der Waals surface area contributed by atoms with Crippen LogP contribution in [0, 0.1) is 0 Å². The van der Waals surface area contributed by atoms with Crippen LogP contribution >= 0.6 is 23.4 Å². The molecule has 0 aromatic heterocycles. The van der Waals surface area contributed by atoms with E-state index < -0.39 is 11.7 Å². The maximum absolute atomic E-state index is 12.7. The Morgan fingerprint density at radius 1 is 1.08 bits per heavy atom. The van der Waals surface area contributed by atoms with E-state index in [0.717, 1.165) is 29.9 Å². The van der Waals surface area contributed by atoms with E-state index in [4.69, 9.17) is 11.6 Å². The first-order valence-corrected chi connectivity index (χ1v) is 9.61. The first kappa shape index (κ1) is 19.1. The maximum Gasteiger partial charge on any atom is 0.416 e. The van der Waals surface area contributed by atoms with E-state index in [0.29, 0.717) is 18.1 Å². The van der Waals surface area contributed by atoms with Crippen LogP contribution in [0.5, 0.6) is 0 Å². The highest BCUT2D eigenvalue weighted by molar-refractivity contribution is 7.99. The second-order valence-electron chi connectivity index (χ2n) is 6.04. The molecule has 3 rings (SSSR count). The van der Waals surface area contributed by atoms with Crippen molar-refractivity contribution in [2.45, 2.75) is 17.8 Å². The summed E-state index contributed by atoms with van der Waals surface area (Å²) in [6, 6.07) is 12.1. The fraction of sp³-hybridized carbons (Fsp3) is 0.316. The van der Waals surface area contributed by atoms with E-state index in [-0.39, 0.29) is 16.7 Å². The minimum absolute atomic E-state index is 0.203. The summed E-state index contributed by atoms with van der Waals surface area (Å²) in [5.74, 6) is 0.515. The van der Waals surface area contributed by atoms with Crippen molar-refractivity contribution in [3.05, 3.63) is 70.2 Å². The Kier molecular flexibility index (Phi) is 5.82. The molecule has 0 bridgehead atoms. The molecular weight excluding hydrogens is 383 g/mol. The Morgan fingerprint density at radius 2 is 1.77 bits per heavy atom. The highest BCUT2D eigenvalue weighted by atomic mass is 35.5. The lowest BCUT2D eigenvalue weighted by atomic mass is 10.1. The van der Waals surface area contributed by atoms with Gasteiger partial charge in [-0.3, -0.25) is 4.79 Å². The van der Waals surface area contributed by atoms with Crippen LogP contribution in [0.4, 0.5) is 13.2 Å². The second-order valence-corrected chi connectivity index (χ2v) is 7.75. The molecule has 2 nitrogen and oxygen atoms in total. The van der Waals surface area contributed by atoms with E-state index in [9.17, 15) is 18.0 Å². The third kappa shape index (κ3) is 4.35. The van der Waals surface area contributed by atoms with Crippen molar-refractivity contribution >= 4 is 29.3 Å². The number of amides is 1. The monoisotopic (exact) mass is 399 g/mol. The fourth-order valence-electron chi connectivity index (χ4n) is 2.94. The zero-order chi connectivity index (χ0) is 18.7. The number of hydrogen-bond donors (Lipinski definition) is 0. The Hall–Kier alpha value is -1.66. The first-order valence-electron chi connectivity index (χ1n) is 8.19. The highest BCUT2D eigenvalue weighted by Crippen LogP contribution is 2.38. The molecule has 0 spiro atoms. The number of carbonyl (C=O) groups is 1. The molecule has 7 heteroatoms. The molecule has 1 aliphatic rings. The van der Waals surface area contributed by atoms with Gasteiger partial charge in [-0.15, -0.1) is 0 Å². The van der Waals surface area contributed by atoms with Gasteiger partial charge in [0.2, 0.25) is 0 Å². The zero-order valence-corrected chi connectivity index (χ0v) is 15.4. The van der Waals surface area contributed by atoms with E-state index >= 15 is 0 Å². The van der Waals surface area contributed by atoms with Crippen molar-refractivity contribution in [3.63, 3.8) is 0 Å². The fourth-order valence-corrected chi connectivity index (χ4v) is 4.54. The Morgan fingerprint density at radius 3 is 2.42 bits per heavy atom. The second kappa shape index (κ2) is 7.92. The SMILES string of the molecule is O=C(c1ccc(C(F)(F)F)cc1)N1CCS[C@H](c2ccccc2Cl)CC1. The average molecular weight is 400 g/mol. The molecule has 2 aromatic rings. The van der Waals surface area contributed by atoms with Crippen molar-refractivity contribution in [2.75, 3.05) is 18.8 Å². The molecule has 1 saturated heterocycles. The van der Waals surface area contributed by atoms with Gasteiger partial charge < -0.3 is 4.90 Å². The smallest absolute Gasteiger partial charge is 0.338 e. The molecule has 1 aliphatic heterocycles. The van der Waals surface area contributed by atoms with Crippen molar-refractivity contribution < 1.29 is 18.0 Å². The van der Waals surface area contributed by atoms with E-state index in [2.05, 4.69) is 0 Å². The van der Waals surface area contributed by atoms with Gasteiger partial charge in [-0.2, -0.15) is 24.9 Å². The standard InChI is InChI=1S/C19H17ClF3NOS/c20-16-4-2-1-3-15(16)17-9-10-24(11-12-26-17)18(25)13-5-7-14(8-6-13)19(21,22)23/h1-8,17H,9-12H2/t17-/m0/s1. The van der Waals surface area contributed by atoms with Gasteiger partial charge in [0, 0.05) is 34.7 Å². The van der Waals surface area contributed by atoms with E-state index in [1.807, 2.05) is 24.3 Å². The molecule has 0 aliphatic carbocycles. The summed E-state index contributed by atoms with van der Waals surface area (Å²) in [6.45, 7) is 1.11. The number of alkyl halides is 3. The van der Waals surface area contributed by atoms with E-state index in [1.165, 1.54) is 12.1 Å². The van der Waals surface area contributed by atoms with Crippen LogP contribution < -0.4 is 0 Å². The van der Waals surface area contributed by atoms with Gasteiger partial charge in [0.1, 0.15) is 0 Å². The minimum Gasteiger partial charge on any atom is -0.338 e. The largest absolute Gasteiger partial charge is 0.416 e. The molecule has 2 aromatic carbocycles. The third-order valence-electron chi connectivity index (χ3n) is 4.34. The number of nitrogens with zero attached hydrogens (tertiary/aromatic N) is 1. The van der Waals surface area contributed by atoms with Crippen LogP contribution in [0.25, 0.3) is 0 Å². The predicted molar refractivity (Wildman–Crippen MR) is 98.6 cm³/mol. The van der Waals surface area contributed by atoms with Gasteiger partial charge in [0.15, 0.2) is 0 Å².